The highest BCUT2D eigenvalue weighted by molar-refractivity contribution is 9.10. The summed E-state index contributed by atoms with van der Waals surface area (Å²) in [5, 5.41) is 0.542. The zero-order chi connectivity index (χ0) is 14.9. The first-order valence-corrected chi connectivity index (χ1v) is 7.37. The number of halogens is 2. The van der Waals surface area contributed by atoms with E-state index in [9.17, 15) is 4.79 Å². The molecule has 0 bridgehead atoms. The van der Waals surface area contributed by atoms with Gasteiger partial charge in [-0.1, -0.05) is 45.2 Å². The third kappa shape index (κ3) is 3.05. The highest BCUT2D eigenvalue weighted by Gasteiger charge is 2.17. The molecule has 2 rings (SSSR count). The molecule has 104 valence electrons. The van der Waals surface area contributed by atoms with E-state index in [-0.39, 0.29) is 5.91 Å². The van der Waals surface area contributed by atoms with Crippen molar-refractivity contribution in [3.63, 3.8) is 0 Å². The maximum Gasteiger partial charge on any atom is 0.258 e. The van der Waals surface area contributed by atoms with Crippen molar-refractivity contribution in [3.8, 4) is 0 Å². The van der Waals surface area contributed by atoms with E-state index < -0.39 is 0 Å². The van der Waals surface area contributed by atoms with Gasteiger partial charge in [-0.05, 0) is 43.7 Å². The van der Waals surface area contributed by atoms with Crippen molar-refractivity contribution >= 4 is 39.1 Å². The Morgan fingerprint density at radius 3 is 2.50 bits per heavy atom. The predicted molar refractivity (Wildman–Crippen MR) is 87.8 cm³/mol. The van der Waals surface area contributed by atoms with E-state index in [1.165, 1.54) is 0 Å². The van der Waals surface area contributed by atoms with Gasteiger partial charge in [0.05, 0.1) is 10.7 Å². The second-order valence-electron chi connectivity index (χ2n) is 4.78. The van der Waals surface area contributed by atoms with Gasteiger partial charge in [0.25, 0.3) is 5.91 Å². The van der Waals surface area contributed by atoms with E-state index in [1.807, 2.05) is 44.2 Å². The summed E-state index contributed by atoms with van der Waals surface area (Å²) < 4.78 is 0.888. The second-order valence-corrected chi connectivity index (χ2v) is 6.10. The number of hydrogen-bond donors (Lipinski definition) is 0. The first-order valence-electron chi connectivity index (χ1n) is 6.20. The van der Waals surface area contributed by atoms with Crippen LogP contribution in [0.2, 0.25) is 5.02 Å². The summed E-state index contributed by atoms with van der Waals surface area (Å²) in [7, 11) is 1.74. The summed E-state index contributed by atoms with van der Waals surface area (Å²) >= 11 is 9.56. The van der Waals surface area contributed by atoms with Gasteiger partial charge >= 0.3 is 0 Å². The molecule has 0 spiro atoms. The topological polar surface area (TPSA) is 20.3 Å². The van der Waals surface area contributed by atoms with Gasteiger partial charge in [-0.2, -0.15) is 0 Å². The molecule has 0 atom stereocenters. The van der Waals surface area contributed by atoms with Crippen LogP contribution in [-0.4, -0.2) is 13.0 Å². The van der Waals surface area contributed by atoms with Crippen molar-refractivity contribution in [3.05, 3.63) is 62.6 Å². The van der Waals surface area contributed by atoms with E-state index in [0.29, 0.717) is 16.3 Å². The van der Waals surface area contributed by atoms with Crippen LogP contribution in [0.3, 0.4) is 0 Å². The third-order valence-corrected chi connectivity index (χ3v) is 4.00. The Labute approximate surface area is 132 Å². The molecule has 0 aromatic heterocycles. The largest absolute Gasteiger partial charge is 0.310 e. The van der Waals surface area contributed by atoms with Crippen molar-refractivity contribution in [1.82, 2.24) is 0 Å². The van der Waals surface area contributed by atoms with Gasteiger partial charge in [-0.25, -0.2) is 0 Å². The summed E-state index contributed by atoms with van der Waals surface area (Å²) in [6.07, 6.45) is 0. The van der Waals surface area contributed by atoms with Gasteiger partial charge in [-0.3, -0.25) is 4.79 Å². The molecule has 0 saturated carbocycles. The van der Waals surface area contributed by atoms with Crippen LogP contribution in [0.4, 0.5) is 5.69 Å². The van der Waals surface area contributed by atoms with Crippen LogP contribution < -0.4 is 4.90 Å². The molecule has 0 N–H and O–H groups in total. The maximum atomic E-state index is 12.6. The number of benzene rings is 2. The molecule has 2 nitrogen and oxygen atoms in total. The van der Waals surface area contributed by atoms with Crippen LogP contribution in [0.25, 0.3) is 0 Å². The van der Waals surface area contributed by atoms with E-state index in [2.05, 4.69) is 15.9 Å². The second kappa shape index (κ2) is 5.98. The van der Waals surface area contributed by atoms with E-state index in [0.717, 1.165) is 15.6 Å². The molecule has 0 unspecified atom stereocenters. The lowest BCUT2D eigenvalue weighted by Crippen LogP contribution is -2.27. The van der Waals surface area contributed by atoms with Crippen LogP contribution in [0, 0.1) is 13.8 Å². The summed E-state index contributed by atoms with van der Waals surface area (Å²) in [5.74, 6) is -0.0598. The van der Waals surface area contributed by atoms with Crippen molar-refractivity contribution < 1.29 is 4.79 Å². The van der Waals surface area contributed by atoms with Crippen molar-refractivity contribution in [1.29, 1.82) is 0 Å². The Morgan fingerprint density at radius 1 is 1.15 bits per heavy atom. The van der Waals surface area contributed by atoms with Crippen LogP contribution in [0.1, 0.15) is 21.5 Å². The minimum atomic E-state index is -0.0598. The molecule has 0 aliphatic heterocycles. The zero-order valence-electron chi connectivity index (χ0n) is 11.6. The van der Waals surface area contributed by atoms with Crippen molar-refractivity contribution in [2.75, 3.05) is 11.9 Å². The number of anilines is 1. The Bertz CT molecular complexity index is 670. The summed E-state index contributed by atoms with van der Waals surface area (Å²) in [6, 6.07) is 11.3. The number of aryl methyl sites for hydroxylation is 2. The Hall–Kier alpha value is -1.32. The molecule has 2 aromatic rings. The van der Waals surface area contributed by atoms with Gasteiger partial charge in [-0.15, -0.1) is 0 Å². The first-order chi connectivity index (χ1) is 9.40. The Morgan fingerprint density at radius 2 is 1.85 bits per heavy atom. The lowest BCUT2D eigenvalue weighted by molar-refractivity contribution is 0.0992. The van der Waals surface area contributed by atoms with Crippen LogP contribution in [-0.2, 0) is 0 Å². The molecular weight excluding hydrogens is 338 g/mol. The fourth-order valence-corrected chi connectivity index (χ4v) is 2.81. The molecule has 0 aliphatic carbocycles. The number of rotatable bonds is 2. The number of carbonyl (C=O) groups excluding carboxylic acids is 1. The molecule has 20 heavy (non-hydrogen) atoms. The van der Waals surface area contributed by atoms with Gasteiger partial charge < -0.3 is 4.90 Å². The molecule has 0 saturated heterocycles. The minimum absolute atomic E-state index is 0.0598. The lowest BCUT2D eigenvalue weighted by Gasteiger charge is -2.20. The predicted octanol–water partition coefficient (Wildman–Crippen LogP) is 5.00. The average molecular weight is 353 g/mol. The SMILES string of the molecule is Cc1ccc(C)c(C(=O)N(C)c2ccc(Br)cc2Cl)c1. The van der Waals surface area contributed by atoms with Gasteiger partial charge in [0.1, 0.15) is 0 Å². The van der Waals surface area contributed by atoms with Crippen molar-refractivity contribution in [2.45, 2.75) is 13.8 Å². The molecule has 4 heteroatoms. The van der Waals surface area contributed by atoms with Crippen LogP contribution >= 0.6 is 27.5 Å². The Kier molecular flexibility index (Phi) is 4.51. The Balaban J connectivity index is 2.40. The molecule has 0 aliphatic rings. The number of hydrogen-bond acceptors (Lipinski definition) is 1. The molecule has 0 radical (unpaired) electrons. The summed E-state index contributed by atoms with van der Waals surface area (Å²) in [5.41, 5.74) is 3.42. The number of carbonyl (C=O) groups is 1. The van der Waals surface area contributed by atoms with E-state index in [1.54, 1.807) is 18.0 Å². The maximum absolute atomic E-state index is 12.6. The fourth-order valence-electron chi connectivity index (χ4n) is 2.01. The quantitative estimate of drug-likeness (QED) is 0.745. The third-order valence-electron chi connectivity index (χ3n) is 3.20. The monoisotopic (exact) mass is 351 g/mol. The smallest absolute Gasteiger partial charge is 0.258 e. The molecule has 0 fully saturated rings. The normalized spacial score (nSPS) is 10.4. The number of nitrogens with zero attached hydrogens (tertiary/aromatic N) is 1. The average Bonchev–Trinajstić information content (AvgIpc) is 2.40. The molecule has 0 heterocycles. The van der Waals surface area contributed by atoms with Gasteiger partial charge in [0.15, 0.2) is 0 Å². The van der Waals surface area contributed by atoms with Gasteiger partial charge in [0, 0.05) is 17.1 Å². The standard InChI is InChI=1S/C16H15BrClNO/c1-10-4-5-11(2)13(8-10)16(20)19(3)15-7-6-12(17)9-14(15)18/h4-9H,1-3H3. The minimum Gasteiger partial charge on any atom is -0.310 e. The van der Waals surface area contributed by atoms with Crippen molar-refractivity contribution in [2.24, 2.45) is 0 Å². The van der Waals surface area contributed by atoms with E-state index in [4.69, 9.17) is 11.6 Å². The van der Waals surface area contributed by atoms with Crippen LogP contribution in [0.5, 0.6) is 0 Å². The van der Waals surface area contributed by atoms with Gasteiger partial charge in [0.2, 0.25) is 0 Å². The van der Waals surface area contributed by atoms with Crippen LogP contribution in [0.15, 0.2) is 40.9 Å². The number of amides is 1. The molecule has 2 aromatic carbocycles. The highest BCUT2D eigenvalue weighted by Crippen LogP contribution is 2.29. The van der Waals surface area contributed by atoms with E-state index >= 15 is 0 Å². The molecular formula is C16H15BrClNO. The lowest BCUT2D eigenvalue weighted by atomic mass is 10.0. The fraction of sp³-hybridized carbons (Fsp3) is 0.188. The highest BCUT2D eigenvalue weighted by atomic mass is 79.9. The molecule has 1 amide bonds. The summed E-state index contributed by atoms with van der Waals surface area (Å²) in [4.78, 5) is 14.2. The summed E-state index contributed by atoms with van der Waals surface area (Å²) in [6.45, 7) is 3.91. The first kappa shape index (κ1) is 15.1. The zero-order valence-corrected chi connectivity index (χ0v) is 13.9.